The first-order chi connectivity index (χ1) is 7.36. The van der Waals surface area contributed by atoms with Gasteiger partial charge in [0.15, 0.2) is 0 Å². The maximum atomic E-state index is 3.93. The highest BCUT2D eigenvalue weighted by Gasteiger charge is 2.04. The maximum absolute atomic E-state index is 3.93. The van der Waals surface area contributed by atoms with E-state index in [-0.39, 0.29) is 0 Å². The number of benzene rings is 1. The Labute approximate surface area is 89.5 Å². The number of hydrogen-bond acceptors (Lipinski definition) is 2. The van der Waals surface area contributed by atoms with Crippen molar-refractivity contribution < 1.29 is 0 Å². The first-order valence-electron chi connectivity index (χ1n) is 5.12. The zero-order valence-corrected chi connectivity index (χ0v) is 8.77. The van der Waals surface area contributed by atoms with E-state index in [2.05, 4.69) is 46.7 Å². The molecule has 2 N–H and O–H groups in total. The van der Waals surface area contributed by atoms with Crippen LogP contribution in [0, 0.1) is 0 Å². The topological polar surface area (TPSA) is 40.7 Å². The predicted molar refractivity (Wildman–Crippen MR) is 60.3 cm³/mol. The van der Waals surface area contributed by atoms with Crippen molar-refractivity contribution in [3.8, 4) is 0 Å². The van der Waals surface area contributed by atoms with E-state index in [4.69, 9.17) is 0 Å². The van der Waals surface area contributed by atoms with Gasteiger partial charge in [0, 0.05) is 24.3 Å². The lowest BCUT2D eigenvalue weighted by Crippen LogP contribution is -2.17. The first-order valence-corrected chi connectivity index (χ1v) is 5.12. The fraction of sp³-hybridized carbons (Fsp3) is 0.250. The van der Waals surface area contributed by atoms with Gasteiger partial charge < -0.3 is 5.32 Å². The van der Waals surface area contributed by atoms with E-state index in [1.807, 2.05) is 18.5 Å². The fourth-order valence-electron chi connectivity index (χ4n) is 1.48. The monoisotopic (exact) mass is 201 g/mol. The molecule has 2 aromatic rings. The molecule has 0 aliphatic carbocycles. The van der Waals surface area contributed by atoms with E-state index in [9.17, 15) is 0 Å². The molecule has 1 aromatic carbocycles. The fourth-order valence-corrected chi connectivity index (χ4v) is 1.48. The van der Waals surface area contributed by atoms with Gasteiger partial charge in [0.2, 0.25) is 0 Å². The normalized spacial score (nSPS) is 12.6. The highest BCUT2D eigenvalue weighted by atomic mass is 15.1. The average molecular weight is 201 g/mol. The smallest absolute Gasteiger partial charge is 0.0534 e. The Hall–Kier alpha value is -1.61. The molecule has 0 spiro atoms. The minimum atomic E-state index is 0.323. The summed E-state index contributed by atoms with van der Waals surface area (Å²) in [7, 11) is 0. The highest BCUT2D eigenvalue weighted by molar-refractivity contribution is 5.15. The van der Waals surface area contributed by atoms with Crippen LogP contribution in [0.15, 0.2) is 42.7 Å². The van der Waals surface area contributed by atoms with Gasteiger partial charge in [0.25, 0.3) is 0 Å². The van der Waals surface area contributed by atoms with Crippen molar-refractivity contribution in [1.82, 2.24) is 15.5 Å². The summed E-state index contributed by atoms with van der Waals surface area (Å²) in [5, 5.41) is 10.2. The van der Waals surface area contributed by atoms with Gasteiger partial charge in [-0.2, -0.15) is 5.10 Å². The molecular formula is C12H15N3. The predicted octanol–water partition coefficient (Wildman–Crippen LogP) is 2.26. The van der Waals surface area contributed by atoms with Crippen LogP contribution in [0.3, 0.4) is 0 Å². The van der Waals surface area contributed by atoms with Crippen molar-refractivity contribution in [3.05, 3.63) is 53.9 Å². The van der Waals surface area contributed by atoms with Crippen LogP contribution < -0.4 is 5.32 Å². The van der Waals surface area contributed by atoms with Gasteiger partial charge >= 0.3 is 0 Å². The molecule has 0 fully saturated rings. The molecule has 1 unspecified atom stereocenters. The molecule has 1 atom stereocenters. The van der Waals surface area contributed by atoms with Gasteiger partial charge in [-0.1, -0.05) is 30.3 Å². The van der Waals surface area contributed by atoms with Crippen LogP contribution in [0.5, 0.6) is 0 Å². The van der Waals surface area contributed by atoms with E-state index in [1.165, 1.54) is 11.1 Å². The summed E-state index contributed by atoms with van der Waals surface area (Å²) in [4.78, 5) is 0. The second-order valence-corrected chi connectivity index (χ2v) is 3.62. The highest BCUT2D eigenvalue weighted by Crippen LogP contribution is 2.10. The summed E-state index contributed by atoms with van der Waals surface area (Å²) in [6.07, 6.45) is 3.77. The van der Waals surface area contributed by atoms with Crippen LogP contribution in [-0.2, 0) is 6.54 Å². The lowest BCUT2D eigenvalue weighted by atomic mass is 10.1. The number of H-pyrrole nitrogens is 1. The quantitative estimate of drug-likeness (QED) is 0.796. The summed E-state index contributed by atoms with van der Waals surface area (Å²) in [6.45, 7) is 3.01. The Bertz CT molecular complexity index is 381. The molecule has 0 saturated carbocycles. The van der Waals surface area contributed by atoms with Crippen molar-refractivity contribution >= 4 is 0 Å². The molecule has 0 saturated heterocycles. The largest absolute Gasteiger partial charge is 0.306 e. The molecule has 3 nitrogen and oxygen atoms in total. The molecular weight excluding hydrogens is 186 g/mol. The maximum Gasteiger partial charge on any atom is 0.0534 e. The van der Waals surface area contributed by atoms with Gasteiger partial charge in [-0.25, -0.2) is 0 Å². The van der Waals surface area contributed by atoms with Gasteiger partial charge in [0.1, 0.15) is 0 Å². The Morgan fingerprint density at radius 2 is 2.13 bits per heavy atom. The van der Waals surface area contributed by atoms with Crippen LogP contribution >= 0.6 is 0 Å². The number of nitrogens with zero attached hydrogens (tertiary/aromatic N) is 1. The standard InChI is InChI=1S/C12H15N3/c1-10(12-8-14-15-9-12)13-7-11-5-3-2-4-6-11/h2-6,8-10,13H,7H2,1H3,(H,14,15). The van der Waals surface area contributed by atoms with E-state index in [1.54, 1.807) is 0 Å². The molecule has 78 valence electrons. The van der Waals surface area contributed by atoms with Crippen LogP contribution in [0.2, 0.25) is 0 Å². The Morgan fingerprint density at radius 1 is 1.33 bits per heavy atom. The summed E-state index contributed by atoms with van der Waals surface area (Å²) in [5.74, 6) is 0. The zero-order valence-electron chi connectivity index (χ0n) is 8.77. The number of aromatic nitrogens is 2. The minimum absolute atomic E-state index is 0.323. The van der Waals surface area contributed by atoms with Gasteiger partial charge in [-0.3, -0.25) is 5.10 Å². The van der Waals surface area contributed by atoms with Crippen LogP contribution in [0.4, 0.5) is 0 Å². The third-order valence-electron chi connectivity index (χ3n) is 2.47. The summed E-state index contributed by atoms with van der Waals surface area (Å²) >= 11 is 0. The average Bonchev–Trinajstić information content (AvgIpc) is 2.81. The Balaban J connectivity index is 1.89. The van der Waals surface area contributed by atoms with E-state index < -0.39 is 0 Å². The van der Waals surface area contributed by atoms with Gasteiger partial charge in [0.05, 0.1) is 6.20 Å². The van der Waals surface area contributed by atoms with Crippen LogP contribution in [0.1, 0.15) is 24.1 Å². The SMILES string of the molecule is CC(NCc1ccccc1)c1cn[nH]c1. The molecule has 0 amide bonds. The van der Waals surface area contributed by atoms with Crippen molar-refractivity contribution in [3.63, 3.8) is 0 Å². The van der Waals surface area contributed by atoms with Crippen LogP contribution in [0.25, 0.3) is 0 Å². The van der Waals surface area contributed by atoms with Gasteiger partial charge in [-0.05, 0) is 12.5 Å². The van der Waals surface area contributed by atoms with Crippen molar-refractivity contribution in [1.29, 1.82) is 0 Å². The van der Waals surface area contributed by atoms with E-state index >= 15 is 0 Å². The third kappa shape index (κ3) is 2.67. The molecule has 1 aromatic heterocycles. The van der Waals surface area contributed by atoms with Crippen molar-refractivity contribution in [2.75, 3.05) is 0 Å². The lowest BCUT2D eigenvalue weighted by molar-refractivity contribution is 0.575. The number of nitrogens with one attached hydrogen (secondary N) is 2. The molecule has 2 rings (SSSR count). The van der Waals surface area contributed by atoms with Crippen molar-refractivity contribution in [2.24, 2.45) is 0 Å². The molecule has 15 heavy (non-hydrogen) atoms. The molecule has 0 aliphatic rings. The molecule has 0 radical (unpaired) electrons. The lowest BCUT2D eigenvalue weighted by Gasteiger charge is -2.11. The molecule has 3 heteroatoms. The molecule has 0 bridgehead atoms. The summed E-state index contributed by atoms with van der Waals surface area (Å²) in [6, 6.07) is 10.7. The van der Waals surface area contributed by atoms with Gasteiger partial charge in [-0.15, -0.1) is 0 Å². The third-order valence-corrected chi connectivity index (χ3v) is 2.47. The van der Waals surface area contributed by atoms with E-state index in [0.717, 1.165) is 6.54 Å². The summed E-state index contributed by atoms with van der Waals surface area (Å²) < 4.78 is 0. The molecule has 1 heterocycles. The molecule has 0 aliphatic heterocycles. The van der Waals surface area contributed by atoms with Crippen molar-refractivity contribution in [2.45, 2.75) is 19.5 Å². The zero-order chi connectivity index (χ0) is 10.5. The second kappa shape index (κ2) is 4.75. The Kier molecular flexibility index (Phi) is 3.15. The van der Waals surface area contributed by atoms with E-state index in [0.29, 0.717) is 6.04 Å². The number of hydrogen-bond donors (Lipinski definition) is 2. The number of rotatable bonds is 4. The minimum Gasteiger partial charge on any atom is -0.306 e. The first kappa shape index (κ1) is 9.93. The van der Waals surface area contributed by atoms with Crippen LogP contribution in [-0.4, -0.2) is 10.2 Å². The summed E-state index contributed by atoms with van der Waals surface area (Å²) in [5.41, 5.74) is 2.48. The Morgan fingerprint density at radius 3 is 2.80 bits per heavy atom. The number of aromatic amines is 1. The second-order valence-electron chi connectivity index (χ2n) is 3.62.